The molecule has 1 aliphatic rings. The molecule has 1 amide bonds. The van der Waals surface area contributed by atoms with Gasteiger partial charge in [-0.2, -0.15) is 0 Å². The number of Topliss-reactive ketones (excluding diaryl/α,β-unsaturated/α-hetero) is 1. The molecule has 1 fully saturated rings. The van der Waals surface area contributed by atoms with Gasteiger partial charge in [-0.15, -0.1) is 0 Å². The number of aliphatic hydroxyl groups excluding tert-OH is 1. The van der Waals surface area contributed by atoms with Crippen LogP contribution in [0.4, 0.5) is 0 Å². The predicted octanol–water partition coefficient (Wildman–Crippen LogP) is 4.73. The van der Waals surface area contributed by atoms with Gasteiger partial charge in [-0.05, 0) is 59.5 Å². The van der Waals surface area contributed by atoms with Gasteiger partial charge in [0.25, 0.3) is 11.7 Å². The molecule has 1 aliphatic heterocycles. The molecule has 3 aromatic rings. The Bertz CT molecular complexity index is 1300. The number of carboxylic acids is 1. The largest absolute Gasteiger partial charge is 0.507 e. The van der Waals surface area contributed by atoms with E-state index in [1.54, 1.807) is 49.6 Å². The summed E-state index contributed by atoms with van der Waals surface area (Å²) < 4.78 is 11.0. The summed E-state index contributed by atoms with van der Waals surface area (Å²) in [6.45, 7) is 3.99. The van der Waals surface area contributed by atoms with Gasteiger partial charge in [0.1, 0.15) is 23.3 Å². The van der Waals surface area contributed by atoms with E-state index in [4.69, 9.17) is 14.3 Å². The highest BCUT2D eigenvalue weighted by Gasteiger charge is 2.47. The molecule has 8 nitrogen and oxygen atoms in total. The third kappa shape index (κ3) is 4.42. The molecule has 0 aliphatic carbocycles. The quantitative estimate of drug-likeness (QED) is 0.288. The van der Waals surface area contributed by atoms with Crippen LogP contribution in [0.1, 0.15) is 58.6 Å². The van der Waals surface area contributed by atoms with Gasteiger partial charge < -0.3 is 24.3 Å². The molecule has 4 rings (SSSR count). The maximum atomic E-state index is 13.2. The average Bonchev–Trinajstić information content (AvgIpc) is 3.46. The maximum Gasteiger partial charge on any atom is 0.335 e. The van der Waals surface area contributed by atoms with Gasteiger partial charge in [-0.1, -0.05) is 26.0 Å². The number of aliphatic hydroxyl groups is 1. The molecule has 2 N–H and O–H groups in total. The summed E-state index contributed by atoms with van der Waals surface area (Å²) in [5.74, 6) is -1.91. The number of aromatic carboxylic acids is 1. The minimum absolute atomic E-state index is 0.0203. The lowest BCUT2D eigenvalue weighted by Gasteiger charge is -2.23. The van der Waals surface area contributed by atoms with Crippen molar-refractivity contribution in [1.82, 2.24) is 4.90 Å². The number of benzene rings is 2. The number of likely N-dealkylation sites (tertiary alicyclic amines) is 1. The van der Waals surface area contributed by atoms with Crippen LogP contribution in [0.3, 0.4) is 0 Å². The number of carbonyl (C=O) groups is 3. The summed E-state index contributed by atoms with van der Waals surface area (Å²) >= 11 is 0. The minimum Gasteiger partial charge on any atom is -0.507 e. The Hall–Kier alpha value is -4.33. The first kappa shape index (κ1) is 23.8. The van der Waals surface area contributed by atoms with Gasteiger partial charge in [0, 0.05) is 12.1 Å². The molecule has 180 valence electrons. The highest BCUT2D eigenvalue weighted by molar-refractivity contribution is 6.46. The smallest absolute Gasteiger partial charge is 0.335 e. The van der Waals surface area contributed by atoms with Crippen LogP contribution >= 0.6 is 0 Å². The Labute approximate surface area is 202 Å². The molecule has 2 aromatic carbocycles. The number of ether oxygens (including phenoxy) is 1. The Morgan fingerprint density at radius 3 is 2.31 bits per heavy atom. The third-order valence-corrected chi connectivity index (χ3v) is 6.03. The van der Waals surface area contributed by atoms with E-state index in [9.17, 15) is 19.5 Å². The summed E-state index contributed by atoms with van der Waals surface area (Å²) in [5, 5.41) is 20.4. The van der Waals surface area contributed by atoms with Crippen molar-refractivity contribution in [3.05, 3.63) is 94.4 Å². The average molecular weight is 475 g/mol. The van der Waals surface area contributed by atoms with Gasteiger partial charge in [0.05, 0.1) is 24.5 Å². The fraction of sp³-hybridized carbons (Fsp3) is 0.222. The Kier molecular flexibility index (Phi) is 6.46. The molecule has 0 radical (unpaired) electrons. The molecular formula is C27H25NO7. The number of methoxy groups -OCH3 is 1. The van der Waals surface area contributed by atoms with Crippen LogP contribution in [0, 0.1) is 0 Å². The van der Waals surface area contributed by atoms with E-state index in [-0.39, 0.29) is 29.4 Å². The van der Waals surface area contributed by atoms with Crippen molar-refractivity contribution in [3.63, 3.8) is 0 Å². The molecule has 8 heteroatoms. The fourth-order valence-electron chi connectivity index (χ4n) is 4.22. The van der Waals surface area contributed by atoms with Crippen molar-refractivity contribution in [2.45, 2.75) is 32.4 Å². The van der Waals surface area contributed by atoms with E-state index in [0.29, 0.717) is 22.6 Å². The van der Waals surface area contributed by atoms with Gasteiger partial charge in [0.15, 0.2) is 0 Å². The van der Waals surface area contributed by atoms with Crippen molar-refractivity contribution in [2.24, 2.45) is 0 Å². The molecule has 1 atom stereocenters. The zero-order valence-electron chi connectivity index (χ0n) is 19.5. The van der Waals surface area contributed by atoms with Crippen LogP contribution in [0.2, 0.25) is 0 Å². The van der Waals surface area contributed by atoms with Crippen molar-refractivity contribution in [1.29, 1.82) is 0 Å². The van der Waals surface area contributed by atoms with Crippen molar-refractivity contribution in [3.8, 4) is 5.75 Å². The van der Waals surface area contributed by atoms with Crippen LogP contribution in [-0.4, -0.2) is 39.9 Å². The van der Waals surface area contributed by atoms with Crippen LogP contribution in [-0.2, 0) is 16.1 Å². The monoisotopic (exact) mass is 475 g/mol. The van der Waals surface area contributed by atoms with E-state index in [2.05, 4.69) is 0 Å². The van der Waals surface area contributed by atoms with Crippen molar-refractivity contribution in [2.75, 3.05) is 7.11 Å². The normalized spacial score (nSPS) is 17.3. The standard InChI is InChI=1S/C27H25NO7/c1-15(2)19-13-18(10-11-20(19)34-3)24(29)22-23(21-5-4-12-35-21)28(26(31)25(22)30)14-16-6-8-17(9-7-16)27(32)33/h4-13,15,23,29H,14H2,1-3H3,(H,32,33)/b24-22-. The van der Waals surface area contributed by atoms with Crippen LogP contribution in [0.5, 0.6) is 5.75 Å². The Morgan fingerprint density at radius 2 is 1.74 bits per heavy atom. The van der Waals surface area contributed by atoms with E-state index in [1.165, 1.54) is 23.3 Å². The highest BCUT2D eigenvalue weighted by atomic mass is 16.5. The maximum absolute atomic E-state index is 13.2. The van der Waals surface area contributed by atoms with Crippen molar-refractivity contribution >= 4 is 23.4 Å². The van der Waals surface area contributed by atoms with Gasteiger partial charge in [-0.25, -0.2) is 4.79 Å². The Morgan fingerprint density at radius 1 is 1.06 bits per heavy atom. The highest BCUT2D eigenvalue weighted by Crippen LogP contribution is 2.41. The lowest BCUT2D eigenvalue weighted by Crippen LogP contribution is -2.29. The second-order valence-electron chi connectivity index (χ2n) is 8.56. The summed E-state index contributed by atoms with van der Waals surface area (Å²) in [5.41, 5.74) is 1.89. The summed E-state index contributed by atoms with van der Waals surface area (Å²) in [6, 6.07) is 13.5. The lowest BCUT2D eigenvalue weighted by atomic mass is 9.95. The van der Waals surface area contributed by atoms with Crippen molar-refractivity contribution < 1.29 is 33.8 Å². The molecule has 1 saturated heterocycles. The molecule has 1 unspecified atom stereocenters. The molecule has 0 spiro atoms. The zero-order valence-corrected chi connectivity index (χ0v) is 19.5. The topological polar surface area (TPSA) is 117 Å². The summed E-state index contributed by atoms with van der Waals surface area (Å²) in [4.78, 5) is 38.7. The van der Waals surface area contributed by atoms with E-state index in [0.717, 1.165) is 5.56 Å². The van der Waals surface area contributed by atoms with Gasteiger partial charge in [0.2, 0.25) is 0 Å². The number of hydrogen-bond acceptors (Lipinski definition) is 6. The zero-order chi connectivity index (χ0) is 25.3. The molecule has 0 bridgehead atoms. The number of ketones is 1. The van der Waals surface area contributed by atoms with E-state index < -0.39 is 23.7 Å². The second kappa shape index (κ2) is 9.50. The number of carbonyl (C=O) groups excluding carboxylic acids is 2. The van der Waals surface area contributed by atoms with E-state index in [1.807, 2.05) is 13.8 Å². The predicted molar refractivity (Wildman–Crippen MR) is 127 cm³/mol. The number of amides is 1. The van der Waals surface area contributed by atoms with Crippen LogP contribution < -0.4 is 4.74 Å². The lowest BCUT2D eigenvalue weighted by molar-refractivity contribution is -0.140. The summed E-state index contributed by atoms with van der Waals surface area (Å²) in [6.07, 6.45) is 1.43. The van der Waals surface area contributed by atoms with Gasteiger partial charge in [-0.3, -0.25) is 9.59 Å². The van der Waals surface area contributed by atoms with Crippen LogP contribution in [0.15, 0.2) is 70.9 Å². The van der Waals surface area contributed by atoms with Gasteiger partial charge >= 0.3 is 5.97 Å². The Balaban J connectivity index is 1.80. The first-order valence-electron chi connectivity index (χ1n) is 11.0. The second-order valence-corrected chi connectivity index (χ2v) is 8.56. The number of rotatable bonds is 7. The molecular weight excluding hydrogens is 450 g/mol. The number of hydrogen-bond donors (Lipinski definition) is 2. The SMILES string of the molecule is COc1ccc(/C(O)=C2/C(=O)C(=O)N(Cc3ccc(C(=O)O)cc3)C2c2ccco2)cc1C(C)C. The molecule has 2 heterocycles. The molecule has 0 saturated carbocycles. The molecule has 35 heavy (non-hydrogen) atoms. The third-order valence-electron chi connectivity index (χ3n) is 6.03. The first-order valence-corrected chi connectivity index (χ1v) is 11.0. The number of carboxylic acid groups (broad SMARTS) is 1. The number of furan rings is 1. The number of nitrogens with zero attached hydrogens (tertiary/aromatic N) is 1. The molecule has 1 aromatic heterocycles. The first-order chi connectivity index (χ1) is 16.7. The fourth-order valence-corrected chi connectivity index (χ4v) is 4.22. The van der Waals surface area contributed by atoms with Crippen LogP contribution in [0.25, 0.3) is 5.76 Å². The van der Waals surface area contributed by atoms with E-state index >= 15 is 0 Å². The summed E-state index contributed by atoms with van der Waals surface area (Å²) in [7, 11) is 1.56. The minimum atomic E-state index is -1.06.